The number of aryl methyl sites for hydroxylation is 1. The van der Waals surface area contributed by atoms with Crippen molar-refractivity contribution in [3.05, 3.63) is 76.3 Å². The van der Waals surface area contributed by atoms with Gasteiger partial charge in [0.2, 0.25) is 17.2 Å². The van der Waals surface area contributed by atoms with Gasteiger partial charge < -0.3 is 10.6 Å². The van der Waals surface area contributed by atoms with Crippen LogP contribution in [-0.2, 0) is 22.6 Å². The number of hydrogen-bond acceptors (Lipinski definition) is 4. The molecule has 3 aromatic rings. The Balaban J connectivity index is 1.40. The van der Waals surface area contributed by atoms with Gasteiger partial charge in [0.1, 0.15) is 5.82 Å². The zero-order valence-corrected chi connectivity index (χ0v) is 15.7. The third-order valence-corrected chi connectivity index (χ3v) is 4.34. The smallest absolute Gasteiger partial charge is 0.224 e. The van der Waals surface area contributed by atoms with Gasteiger partial charge in [-0.1, -0.05) is 24.3 Å². The summed E-state index contributed by atoms with van der Waals surface area (Å²) in [6.45, 7) is 0.893. The molecule has 0 radical (unpaired) electrons. The summed E-state index contributed by atoms with van der Waals surface area (Å²) in [5, 5.41) is 10.0. The van der Waals surface area contributed by atoms with Gasteiger partial charge in [0.05, 0.1) is 24.7 Å². The van der Waals surface area contributed by atoms with E-state index in [-0.39, 0.29) is 49.0 Å². The molecule has 0 saturated carbocycles. The van der Waals surface area contributed by atoms with E-state index < -0.39 is 0 Å². The van der Waals surface area contributed by atoms with Crippen LogP contribution in [0.25, 0.3) is 10.9 Å². The van der Waals surface area contributed by atoms with Crippen molar-refractivity contribution in [3.63, 3.8) is 0 Å². The van der Waals surface area contributed by atoms with Crippen molar-refractivity contribution in [1.29, 1.82) is 0 Å². The van der Waals surface area contributed by atoms with E-state index in [1.807, 2.05) is 6.07 Å². The van der Waals surface area contributed by atoms with E-state index in [1.54, 1.807) is 35.0 Å². The van der Waals surface area contributed by atoms with Crippen LogP contribution in [0.15, 0.2) is 59.5 Å². The number of carbonyl (C=O) groups excluding carboxylic acids is 2. The van der Waals surface area contributed by atoms with Gasteiger partial charge in [-0.2, -0.15) is 5.10 Å². The summed E-state index contributed by atoms with van der Waals surface area (Å²) in [7, 11) is 0. The molecule has 1 heterocycles. The Morgan fingerprint density at radius 1 is 1.00 bits per heavy atom. The minimum absolute atomic E-state index is 0.0802. The van der Waals surface area contributed by atoms with Gasteiger partial charge >= 0.3 is 0 Å². The van der Waals surface area contributed by atoms with E-state index in [0.717, 1.165) is 0 Å². The fourth-order valence-corrected chi connectivity index (χ4v) is 2.93. The van der Waals surface area contributed by atoms with Crippen molar-refractivity contribution in [2.24, 2.45) is 0 Å². The van der Waals surface area contributed by atoms with E-state index in [9.17, 15) is 18.8 Å². The number of carbonyl (C=O) groups is 2. The fourth-order valence-electron chi connectivity index (χ4n) is 2.93. The molecule has 0 aliphatic heterocycles. The maximum atomic E-state index is 13.1. The number of nitrogens with zero attached hydrogens (tertiary/aromatic N) is 2. The van der Waals surface area contributed by atoms with Crippen molar-refractivity contribution in [1.82, 2.24) is 20.4 Å². The standard InChI is InChI=1S/C21H21FN4O3/c22-16-5-3-4-15(12-16)13-21(29)24-10-9-23-20(28)8-11-26-18-7-2-1-6-17(18)19(27)14-25-26/h1-7,12,14H,8-11,13H2,(H,23,28)(H,24,29). The molecule has 0 saturated heterocycles. The Kier molecular flexibility index (Phi) is 6.67. The zero-order valence-electron chi connectivity index (χ0n) is 15.7. The second-order valence-corrected chi connectivity index (χ2v) is 6.51. The van der Waals surface area contributed by atoms with Crippen LogP contribution >= 0.6 is 0 Å². The molecule has 0 spiro atoms. The van der Waals surface area contributed by atoms with Crippen molar-refractivity contribution in [2.45, 2.75) is 19.4 Å². The lowest BCUT2D eigenvalue weighted by atomic mass is 10.1. The normalized spacial score (nSPS) is 10.7. The second kappa shape index (κ2) is 9.59. The molecule has 7 nitrogen and oxygen atoms in total. The van der Waals surface area contributed by atoms with E-state index in [4.69, 9.17) is 0 Å². The Morgan fingerprint density at radius 3 is 2.55 bits per heavy atom. The largest absolute Gasteiger partial charge is 0.354 e. The summed E-state index contributed by atoms with van der Waals surface area (Å²) in [4.78, 5) is 35.7. The molecule has 8 heteroatoms. The van der Waals surface area contributed by atoms with Crippen molar-refractivity contribution in [2.75, 3.05) is 13.1 Å². The van der Waals surface area contributed by atoms with E-state index in [2.05, 4.69) is 15.7 Å². The molecule has 3 rings (SSSR count). The maximum Gasteiger partial charge on any atom is 0.224 e. The van der Waals surface area contributed by atoms with Gasteiger partial charge in [-0.25, -0.2) is 4.39 Å². The monoisotopic (exact) mass is 396 g/mol. The highest BCUT2D eigenvalue weighted by atomic mass is 19.1. The highest BCUT2D eigenvalue weighted by molar-refractivity contribution is 5.79. The van der Waals surface area contributed by atoms with Crippen LogP contribution < -0.4 is 16.1 Å². The van der Waals surface area contributed by atoms with Crippen LogP contribution in [0.3, 0.4) is 0 Å². The van der Waals surface area contributed by atoms with E-state index >= 15 is 0 Å². The van der Waals surface area contributed by atoms with Crippen LogP contribution in [-0.4, -0.2) is 34.7 Å². The number of halogens is 1. The highest BCUT2D eigenvalue weighted by Gasteiger charge is 2.07. The lowest BCUT2D eigenvalue weighted by molar-refractivity contribution is -0.122. The van der Waals surface area contributed by atoms with E-state index in [0.29, 0.717) is 23.0 Å². The number of para-hydroxylation sites is 1. The van der Waals surface area contributed by atoms with E-state index in [1.165, 1.54) is 18.3 Å². The number of amides is 2. The summed E-state index contributed by atoms with van der Waals surface area (Å²) in [5.74, 6) is -0.810. The van der Waals surface area contributed by atoms with Crippen LogP contribution in [0.5, 0.6) is 0 Å². The fraction of sp³-hybridized carbons (Fsp3) is 0.238. The van der Waals surface area contributed by atoms with Gasteiger partial charge in [-0.3, -0.25) is 19.1 Å². The van der Waals surface area contributed by atoms with Gasteiger partial charge in [0.25, 0.3) is 0 Å². The number of benzene rings is 2. The summed E-state index contributed by atoms with van der Waals surface area (Å²) in [5.41, 5.74) is 1.11. The molecule has 0 bridgehead atoms. The maximum absolute atomic E-state index is 13.1. The summed E-state index contributed by atoms with van der Waals surface area (Å²) in [6, 6.07) is 13.0. The Bertz CT molecular complexity index is 1080. The minimum Gasteiger partial charge on any atom is -0.354 e. The lowest BCUT2D eigenvalue weighted by Gasteiger charge is -2.10. The molecule has 29 heavy (non-hydrogen) atoms. The molecule has 0 aliphatic rings. The number of fused-ring (bicyclic) bond motifs is 1. The number of rotatable bonds is 8. The SMILES string of the molecule is O=C(CCn1ncc(=O)c2ccccc21)NCCNC(=O)Cc1cccc(F)c1. The quantitative estimate of drug-likeness (QED) is 0.563. The van der Waals surface area contributed by atoms with Crippen LogP contribution in [0, 0.1) is 5.82 Å². The average molecular weight is 396 g/mol. The Hall–Kier alpha value is -3.55. The van der Waals surface area contributed by atoms with Crippen molar-refractivity contribution >= 4 is 22.7 Å². The molecule has 2 amide bonds. The first-order chi connectivity index (χ1) is 14.0. The molecule has 0 unspecified atom stereocenters. The first-order valence-corrected chi connectivity index (χ1v) is 9.25. The summed E-state index contributed by atoms with van der Waals surface area (Å²) >= 11 is 0. The summed E-state index contributed by atoms with van der Waals surface area (Å²) < 4.78 is 14.7. The van der Waals surface area contributed by atoms with Gasteiger partial charge in [0.15, 0.2) is 0 Å². The topological polar surface area (TPSA) is 93.1 Å². The van der Waals surface area contributed by atoms with Gasteiger partial charge in [0, 0.05) is 24.9 Å². The van der Waals surface area contributed by atoms with Crippen LogP contribution in [0.2, 0.25) is 0 Å². The number of nitrogens with one attached hydrogen (secondary N) is 2. The first kappa shape index (κ1) is 20.2. The summed E-state index contributed by atoms with van der Waals surface area (Å²) in [6.07, 6.45) is 1.52. The Labute approximate surface area is 166 Å². The second-order valence-electron chi connectivity index (χ2n) is 6.51. The highest BCUT2D eigenvalue weighted by Crippen LogP contribution is 2.08. The molecular weight excluding hydrogens is 375 g/mol. The Morgan fingerprint density at radius 2 is 1.76 bits per heavy atom. The van der Waals surface area contributed by atoms with Gasteiger partial charge in [-0.15, -0.1) is 0 Å². The average Bonchev–Trinajstić information content (AvgIpc) is 2.71. The van der Waals surface area contributed by atoms with Crippen LogP contribution in [0.4, 0.5) is 4.39 Å². The molecule has 0 atom stereocenters. The zero-order chi connectivity index (χ0) is 20.6. The molecule has 150 valence electrons. The minimum atomic E-state index is -0.382. The first-order valence-electron chi connectivity index (χ1n) is 9.25. The molecule has 2 aromatic carbocycles. The van der Waals surface area contributed by atoms with Gasteiger partial charge in [-0.05, 0) is 29.8 Å². The predicted molar refractivity (Wildman–Crippen MR) is 107 cm³/mol. The van der Waals surface area contributed by atoms with Crippen molar-refractivity contribution < 1.29 is 14.0 Å². The molecule has 0 fully saturated rings. The number of aromatic nitrogens is 2. The predicted octanol–water partition coefficient (Wildman–Crippen LogP) is 1.40. The van der Waals surface area contributed by atoms with Crippen molar-refractivity contribution in [3.8, 4) is 0 Å². The molecule has 1 aromatic heterocycles. The third-order valence-electron chi connectivity index (χ3n) is 4.34. The number of hydrogen-bond donors (Lipinski definition) is 2. The molecular formula is C21H21FN4O3. The molecule has 2 N–H and O–H groups in total. The third kappa shape index (κ3) is 5.71. The molecule has 0 aliphatic carbocycles. The lowest BCUT2D eigenvalue weighted by Crippen LogP contribution is -2.35. The van der Waals surface area contributed by atoms with Crippen LogP contribution in [0.1, 0.15) is 12.0 Å².